The number of carbonyl (C=O) groups is 2. The van der Waals surface area contributed by atoms with Gasteiger partial charge >= 0.3 is 0 Å². The summed E-state index contributed by atoms with van der Waals surface area (Å²) in [6.07, 6.45) is 1.76. The van der Waals surface area contributed by atoms with Crippen molar-refractivity contribution in [2.75, 3.05) is 36.0 Å². The zero-order valence-corrected chi connectivity index (χ0v) is 17.8. The predicted molar refractivity (Wildman–Crippen MR) is 119 cm³/mol. The van der Waals surface area contributed by atoms with Crippen molar-refractivity contribution in [2.45, 2.75) is 32.7 Å². The van der Waals surface area contributed by atoms with E-state index in [2.05, 4.69) is 0 Å². The van der Waals surface area contributed by atoms with Crippen molar-refractivity contribution in [1.29, 1.82) is 0 Å². The highest BCUT2D eigenvalue weighted by Crippen LogP contribution is 2.34. The number of nitro groups is 1. The van der Waals surface area contributed by atoms with E-state index < -0.39 is 4.92 Å². The fraction of sp³-hybridized carbons (Fsp3) is 0.391. The van der Waals surface area contributed by atoms with Gasteiger partial charge in [0.25, 0.3) is 11.6 Å². The van der Waals surface area contributed by atoms with Crippen LogP contribution >= 0.6 is 0 Å². The largest absolute Gasteiger partial charge is 0.362 e. The van der Waals surface area contributed by atoms with Crippen molar-refractivity contribution in [3.63, 3.8) is 0 Å². The van der Waals surface area contributed by atoms with Gasteiger partial charge in [0.2, 0.25) is 5.91 Å². The monoisotopic (exact) mass is 422 g/mol. The molecule has 0 aliphatic carbocycles. The summed E-state index contributed by atoms with van der Waals surface area (Å²) in [5.74, 6) is -0.221. The van der Waals surface area contributed by atoms with Gasteiger partial charge in [0.1, 0.15) is 5.69 Å². The smallest absolute Gasteiger partial charge is 0.293 e. The van der Waals surface area contributed by atoms with Crippen molar-refractivity contribution < 1.29 is 14.5 Å². The molecular weight excluding hydrogens is 396 g/mol. The molecule has 31 heavy (non-hydrogen) atoms. The molecule has 2 amide bonds. The van der Waals surface area contributed by atoms with E-state index in [-0.39, 0.29) is 23.5 Å². The van der Waals surface area contributed by atoms with E-state index in [0.717, 1.165) is 24.1 Å². The molecule has 162 valence electrons. The van der Waals surface area contributed by atoms with Crippen LogP contribution < -0.4 is 9.80 Å². The summed E-state index contributed by atoms with van der Waals surface area (Å²) in [6, 6.07) is 12.6. The fourth-order valence-corrected chi connectivity index (χ4v) is 4.47. The molecule has 1 saturated heterocycles. The van der Waals surface area contributed by atoms with Crippen LogP contribution in [0.4, 0.5) is 17.1 Å². The third-order valence-electron chi connectivity index (χ3n) is 6.23. The van der Waals surface area contributed by atoms with Gasteiger partial charge in [0, 0.05) is 56.5 Å². The molecule has 0 spiro atoms. The van der Waals surface area contributed by atoms with Crippen LogP contribution in [0.5, 0.6) is 0 Å². The van der Waals surface area contributed by atoms with Gasteiger partial charge in [0.15, 0.2) is 0 Å². The molecule has 1 atom stereocenters. The van der Waals surface area contributed by atoms with Gasteiger partial charge in [-0.05, 0) is 43.5 Å². The molecule has 1 unspecified atom stereocenters. The number of para-hydroxylation sites is 1. The Bertz CT molecular complexity index is 1030. The number of amides is 2. The molecule has 8 heteroatoms. The highest BCUT2D eigenvalue weighted by molar-refractivity contribution is 6.08. The Morgan fingerprint density at radius 1 is 1.03 bits per heavy atom. The number of benzene rings is 2. The Balaban J connectivity index is 1.63. The average molecular weight is 422 g/mol. The zero-order chi connectivity index (χ0) is 22.1. The summed E-state index contributed by atoms with van der Waals surface area (Å²) in [4.78, 5) is 41.8. The van der Waals surface area contributed by atoms with Crippen LogP contribution in [0.3, 0.4) is 0 Å². The molecular formula is C23H26N4O4. The maximum atomic E-state index is 13.4. The molecule has 2 aromatic rings. The van der Waals surface area contributed by atoms with Crippen molar-refractivity contribution in [3.05, 3.63) is 63.7 Å². The Hall–Kier alpha value is -3.42. The first-order valence-corrected chi connectivity index (χ1v) is 10.6. The molecule has 0 saturated carbocycles. The molecule has 0 N–H and O–H groups in total. The van der Waals surface area contributed by atoms with E-state index in [9.17, 15) is 19.7 Å². The Labute approximate surface area is 181 Å². The van der Waals surface area contributed by atoms with E-state index in [1.807, 2.05) is 36.1 Å². The number of nitro benzene ring substituents is 1. The summed E-state index contributed by atoms with van der Waals surface area (Å²) in [5, 5.41) is 11.8. The quantitative estimate of drug-likeness (QED) is 0.560. The number of anilines is 2. The summed E-state index contributed by atoms with van der Waals surface area (Å²) in [7, 11) is 0. The lowest BCUT2D eigenvalue weighted by Crippen LogP contribution is -2.48. The van der Waals surface area contributed by atoms with Crippen molar-refractivity contribution in [2.24, 2.45) is 0 Å². The average Bonchev–Trinajstić information content (AvgIpc) is 2.78. The van der Waals surface area contributed by atoms with Gasteiger partial charge in [-0.2, -0.15) is 0 Å². The standard InChI is InChI=1S/C23H26N4O4/c1-16-7-8-18-5-3-4-6-20(18)26(16)23(29)19-9-10-21(22(15-19)27(30)31)25-13-11-24(12-14-25)17(2)28/h3-6,9-10,15-16H,7-8,11-14H2,1-2H3. The summed E-state index contributed by atoms with van der Waals surface area (Å²) in [6.45, 7) is 5.61. The Kier molecular flexibility index (Phi) is 5.63. The van der Waals surface area contributed by atoms with E-state index in [1.54, 1.807) is 21.9 Å². The zero-order valence-electron chi connectivity index (χ0n) is 17.8. The van der Waals surface area contributed by atoms with E-state index in [1.165, 1.54) is 13.0 Å². The minimum absolute atomic E-state index is 0.00558. The molecule has 0 radical (unpaired) electrons. The van der Waals surface area contributed by atoms with Crippen LogP contribution in [0.2, 0.25) is 0 Å². The molecule has 0 aromatic heterocycles. The molecule has 2 aliphatic rings. The second kappa shape index (κ2) is 8.37. The molecule has 8 nitrogen and oxygen atoms in total. The number of piperazine rings is 1. The summed E-state index contributed by atoms with van der Waals surface area (Å²) < 4.78 is 0. The first kappa shape index (κ1) is 20.8. The minimum Gasteiger partial charge on any atom is -0.362 e. The molecule has 2 heterocycles. The summed E-state index contributed by atoms with van der Waals surface area (Å²) >= 11 is 0. The van der Waals surface area contributed by atoms with Gasteiger partial charge in [0.05, 0.1) is 4.92 Å². The second-order valence-electron chi connectivity index (χ2n) is 8.15. The number of hydrogen-bond donors (Lipinski definition) is 0. The lowest BCUT2D eigenvalue weighted by Gasteiger charge is -2.36. The van der Waals surface area contributed by atoms with Crippen molar-refractivity contribution >= 4 is 28.9 Å². The highest BCUT2D eigenvalue weighted by Gasteiger charge is 2.31. The highest BCUT2D eigenvalue weighted by atomic mass is 16.6. The lowest BCUT2D eigenvalue weighted by atomic mass is 9.95. The number of carbonyl (C=O) groups excluding carboxylic acids is 2. The Morgan fingerprint density at radius 2 is 1.74 bits per heavy atom. The van der Waals surface area contributed by atoms with Crippen LogP contribution in [0, 0.1) is 10.1 Å². The molecule has 1 fully saturated rings. The van der Waals surface area contributed by atoms with E-state index in [4.69, 9.17) is 0 Å². The van der Waals surface area contributed by atoms with Crippen LogP contribution in [-0.4, -0.2) is 53.9 Å². The van der Waals surface area contributed by atoms with Crippen LogP contribution in [0.1, 0.15) is 36.2 Å². The first-order valence-electron chi connectivity index (χ1n) is 10.6. The second-order valence-corrected chi connectivity index (χ2v) is 8.15. The number of hydrogen-bond acceptors (Lipinski definition) is 5. The normalized spacial score (nSPS) is 18.5. The number of aryl methyl sites for hydroxylation is 1. The van der Waals surface area contributed by atoms with Crippen molar-refractivity contribution in [1.82, 2.24) is 4.90 Å². The minimum atomic E-state index is -0.433. The molecule has 0 bridgehead atoms. The molecule has 2 aliphatic heterocycles. The van der Waals surface area contributed by atoms with Crippen LogP contribution in [-0.2, 0) is 11.2 Å². The van der Waals surface area contributed by atoms with Gasteiger partial charge < -0.3 is 14.7 Å². The number of fused-ring (bicyclic) bond motifs is 1. The maximum absolute atomic E-state index is 13.4. The van der Waals surface area contributed by atoms with E-state index in [0.29, 0.717) is 37.4 Å². The van der Waals surface area contributed by atoms with Crippen LogP contribution in [0.25, 0.3) is 0 Å². The summed E-state index contributed by atoms with van der Waals surface area (Å²) in [5.41, 5.74) is 2.69. The van der Waals surface area contributed by atoms with Gasteiger partial charge in [-0.1, -0.05) is 18.2 Å². The predicted octanol–water partition coefficient (Wildman–Crippen LogP) is 3.24. The number of rotatable bonds is 3. The van der Waals surface area contributed by atoms with E-state index >= 15 is 0 Å². The Morgan fingerprint density at radius 3 is 2.42 bits per heavy atom. The molecule has 2 aromatic carbocycles. The van der Waals surface area contributed by atoms with Gasteiger partial charge in [-0.25, -0.2) is 0 Å². The fourth-order valence-electron chi connectivity index (χ4n) is 4.47. The topological polar surface area (TPSA) is 87.0 Å². The third-order valence-corrected chi connectivity index (χ3v) is 6.23. The first-order chi connectivity index (χ1) is 14.9. The SMILES string of the molecule is CC(=O)N1CCN(c2ccc(C(=O)N3c4ccccc4CCC3C)cc2[N+](=O)[O-])CC1. The third kappa shape index (κ3) is 3.97. The van der Waals surface area contributed by atoms with Gasteiger partial charge in [-0.3, -0.25) is 19.7 Å². The molecule has 4 rings (SSSR count). The lowest BCUT2D eigenvalue weighted by molar-refractivity contribution is -0.384. The van der Waals surface area contributed by atoms with Crippen LogP contribution in [0.15, 0.2) is 42.5 Å². The van der Waals surface area contributed by atoms with Gasteiger partial charge in [-0.15, -0.1) is 0 Å². The van der Waals surface area contributed by atoms with Crippen molar-refractivity contribution in [3.8, 4) is 0 Å². The maximum Gasteiger partial charge on any atom is 0.293 e. The number of nitrogens with zero attached hydrogens (tertiary/aromatic N) is 4.